The van der Waals surface area contributed by atoms with E-state index in [-0.39, 0.29) is 5.43 Å². The van der Waals surface area contributed by atoms with Gasteiger partial charge in [-0.2, -0.15) is 0 Å². The van der Waals surface area contributed by atoms with E-state index in [1.54, 1.807) is 31.6 Å². The molecule has 122 valence electrons. The third kappa shape index (κ3) is 2.55. The van der Waals surface area contributed by atoms with E-state index < -0.39 is 0 Å². The first-order valence-electron chi connectivity index (χ1n) is 7.85. The monoisotopic (exact) mass is 329 g/mol. The lowest BCUT2D eigenvalue weighted by atomic mass is 10.1. The van der Waals surface area contributed by atoms with Crippen molar-refractivity contribution in [2.45, 2.75) is 0 Å². The average Bonchev–Trinajstić information content (AvgIpc) is 2.68. The molecule has 0 atom stereocenters. The van der Waals surface area contributed by atoms with Crippen molar-refractivity contribution in [3.8, 4) is 23.0 Å². The number of rotatable bonds is 3. The summed E-state index contributed by atoms with van der Waals surface area (Å²) in [6.45, 7) is 0. The molecule has 4 rings (SSSR count). The Kier molecular flexibility index (Phi) is 3.74. The molecule has 25 heavy (non-hydrogen) atoms. The number of fused-ring (bicyclic) bond motifs is 1. The molecule has 0 radical (unpaired) electrons. The molecule has 2 aromatic carbocycles. The maximum Gasteiger partial charge on any atom is 0.234 e. The summed E-state index contributed by atoms with van der Waals surface area (Å²) in [6.07, 6.45) is 3.36. The Hall–Kier alpha value is -3.47. The Morgan fingerprint density at radius 3 is 2.44 bits per heavy atom. The summed E-state index contributed by atoms with van der Waals surface area (Å²) >= 11 is 0. The number of hydrogen-bond acceptors (Lipinski definition) is 4. The van der Waals surface area contributed by atoms with Crippen molar-refractivity contribution in [3.05, 3.63) is 83.3 Å². The Morgan fingerprint density at radius 1 is 0.920 bits per heavy atom. The van der Waals surface area contributed by atoms with E-state index in [2.05, 4.69) is 9.97 Å². The van der Waals surface area contributed by atoms with E-state index in [1.165, 1.54) is 0 Å². The lowest BCUT2D eigenvalue weighted by Gasteiger charge is -2.17. The molecule has 5 heteroatoms. The van der Waals surface area contributed by atoms with Crippen molar-refractivity contribution < 1.29 is 4.74 Å². The quantitative estimate of drug-likeness (QED) is 0.577. The molecule has 2 heterocycles. The largest absolute Gasteiger partial charge is 0.496 e. The Balaban J connectivity index is 2.16. The molecule has 4 aromatic rings. The van der Waals surface area contributed by atoms with Gasteiger partial charge in [-0.25, -0.2) is 9.97 Å². The minimum absolute atomic E-state index is 0.0521. The lowest BCUT2D eigenvalue weighted by Crippen LogP contribution is -2.12. The molecular formula is C20H15N3O2. The Bertz CT molecular complexity index is 1100. The normalized spacial score (nSPS) is 10.8. The number of hydrogen-bond donors (Lipinski definition) is 0. The van der Waals surface area contributed by atoms with Crippen LogP contribution in [0.1, 0.15) is 0 Å². The van der Waals surface area contributed by atoms with Crippen molar-refractivity contribution in [2.24, 2.45) is 0 Å². The number of pyridine rings is 1. The molecule has 0 bridgehead atoms. The van der Waals surface area contributed by atoms with Crippen LogP contribution in [0.4, 0.5) is 0 Å². The van der Waals surface area contributed by atoms with Crippen LogP contribution in [0.15, 0.2) is 77.9 Å². The predicted octanol–water partition coefficient (Wildman–Crippen LogP) is 3.46. The first kappa shape index (κ1) is 15.1. The molecule has 0 saturated heterocycles. The fourth-order valence-electron chi connectivity index (χ4n) is 2.95. The molecule has 5 nitrogen and oxygen atoms in total. The van der Waals surface area contributed by atoms with E-state index in [4.69, 9.17) is 4.74 Å². The molecule has 0 aliphatic heterocycles. The second-order valence-corrected chi connectivity index (χ2v) is 5.50. The third-order valence-corrected chi connectivity index (χ3v) is 4.05. The number of benzene rings is 2. The summed E-state index contributed by atoms with van der Waals surface area (Å²) in [7, 11) is 1.61. The van der Waals surface area contributed by atoms with Crippen LogP contribution in [-0.2, 0) is 0 Å². The number of para-hydroxylation sites is 2. The minimum atomic E-state index is -0.0521. The van der Waals surface area contributed by atoms with Gasteiger partial charge in [-0.15, -0.1) is 0 Å². The van der Waals surface area contributed by atoms with Crippen molar-refractivity contribution in [3.63, 3.8) is 0 Å². The van der Waals surface area contributed by atoms with Gasteiger partial charge in [-0.3, -0.25) is 9.36 Å². The number of methoxy groups -OCH3 is 1. The molecule has 0 unspecified atom stereocenters. The van der Waals surface area contributed by atoms with Gasteiger partial charge in [0.1, 0.15) is 5.75 Å². The Labute approximate surface area is 144 Å². The number of nitrogens with zero attached hydrogens (tertiary/aromatic N) is 3. The molecule has 0 spiro atoms. The zero-order valence-electron chi connectivity index (χ0n) is 13.6. The summed E-state index contributed by atoms with van der Waals surface area (Å²) in [5, 5.41) is 0.619. The van der Waals surface area contributed by atoms with Crippen LogP contribution in [0.3, 0.4) is 0 Å². The van der Waals surface area contributed by atoms with Gasteiger partial charge in [0.15, 0.2) is 5.43 Å². The van der Waals surface area contributed by atoms with Crippen LogP contribution in [0.25, 0.3) is 28.1 Å². The van der Waals surface area contributed by atoms with Gasteiger partial charge in [0.2, 0.25) is 5.95 Å². The number of ether oxygens (including phenoxy) is 1. The minimum Gasteiger partial charge on any atom is -0.496 e. The van der Waals surface area contributed by atoms with Crippen molar-refractivity contribution in [1.29, 1.82) is 0 Å². The third-order valence-electron chi connectivity index (χ3n) is 4.05. The highest BCUT2D eigenvalue weighted by atomic mass is 16.5. The van der Waals surface area contributed by atoms with Crippen LogP contribution in [0, 0.1) is 0 Å². The Morgan fingerprint density at radius 2 is 1.64 bits per heavy atom. The predicted molar refractivity (Wildman–Crippen MR) is 97.1 cm³/mol. The molecule has 0 fully saturated rings. The van der Waals surface area contributed by atoms with Gasteiger partial charge in [-0.05, 0) is 30.3 Å². The maximum atomic E-state index is 12.7. The topological polar surface area (TPSA) is 57.0 Å². The van der Waals surface area contributed by atoms with E-state index in [9.17, 15) is 4.79 Å². The fourth-order valence-corrected chi connectivity index (χ4v) is 2.95. The van der Waals surface area contributed by atoms with Gasteiger partial charge in [0, 0.05) is 29.4 Å². The second kappa shape index (κ2) is 6.20. The van der Waals surface area contributed by atoms with Gasteiger partial charge >= 0.3 is 0 Å². The SMILES string of the molecule is COc1ccccc1-c1cc(=O)c2ccccc2n1-c1ncccn1. The molecular weight excluding hydrogens is 314 g/mol. The van der Waals surface area contributed by atoms with Gasteiger partial charge in [-0.1, -0.05) is 24.3 Å². The molecule has 0 N–H and O–H groups in total. The zero-order valence-corrected chi connectivity index (χ0v) is 13.6. The van der Waals surface area contributed by atoms with Crippen molar-refractivity contribution >= 4 is 10.9 Å². The van der Waals surface area contributed by atoms with E-state index in [0.717, 1.165) is 11.1 Å². The molecule has 2 aromatic heterocycles. The van der Waals surface area contributed by atoms with Crippen LogP contribution in [0.2, 0.25) is 0 Å². The van der Waals surface area contributed by atoms with Gasteiger partial charge in [0.25, 0.3) is 0 Å². The highest BCUT2D eigenvalue weighted by Crippen LogP contribution is 2.31. The van der Waals surface area contributed by atoms with Crippen LogP contribution < -0.4 is 10.2 Å². The lowest BCUT2D eigenvalue weighted by molar-refractivity contribution is 0.416. The van der Waals surface area contributed by atoms with Crippen LogP contribution in [-0.4, -0.2) is 21.6 Å². The van der Waals surface area contributed by atoms with E-state index in [0.29, 0.717) is 22.8 Å². The van der Waals surface area contributed by atoms with E-state index >= 15 is 0 Å². The molecule has 0 saturated carbocycles. The molecule has 0 aliphatic rings. The summed E-state index contributed by atoms with van der Waals surface area (Å²) in [5.41, 5.74) is 2.19. The second-order valence-electron chi connectivity index (χ2n) is 5.50. The fraction of sp³-hybridized carbons (Fsp3) is 0.0500. The zero-order chi connectivity index (χ0) is 17.2. The first-order chi connectivity index (χ1) is 12.3. The summed E-state index contributed by atoms with van der Waals surface area (Å²) in [6, 6.07) is 18.4. The average molecular weight is 329 g/mol. The smallest absolute Gasteiger partial charge is 0.234 e. The molecule has 0 amide bonds. The van der Waals surface area contributed by atoms with Crippen molar-refractivity contribution in [1.82, 2.24) is 14.5 Å². The maximum absolute atomic E-state index is 12.7. The number of aromatic nitrogens is 3. The van der Waals surface area contributed by atoms with Crippen molar-refractivity contribution in [2.75, 3.05) is 7.11 Å². The van der Waals surface area contributed by atoms with Crippen LogP contribution >= 0.6 is 0 Å². The van der Waals surface area contributed by atoms with Gasteiger partial charge < -0.3 is 4.74 Å². The highest BCUT2D eigenvalue weighted by molar-refractivity contribution is 5.85. The van der Waals surface area contributed by atoms with Crippen LogP contribution in [0.5, 0.6) is 5.75 Å². The first-order valence-corrected chi connectivity index (χ1v) is 7.85. The van der Waals surface area contributed by atoms with Gasteiger partial charge in [0.05, 0.1) is 18.3 Å². The van der Waals surface area contributed by atoms with E-state index in [1.807, 2.05) is 53.1 Å². The highest BCUT2D eigenvalue weighted by Gasteiger charge is 2.16. The molecule has 0 aliphatic carbocycles. The summed E-state index contributed by atoms with van der Waals surface area (Å²) in [4.78, 5) is 21.4. The standard InChI is InChI=1S/C20H15N3O2/c1-25-19-10-5-3-8-15(19)17-13-18(24)14-7-2-4-9-16(14)23(17)20-21-11-6-12-22-20/h2-13H,1H3. The summed E-state index contributed by atoms with van der Waals surface area (Å²) < 4.78 is 7.37. The summed E-state index contributed by atoms with van der Waals surface area (Å²) in [5.74, 6) is 1.18.